The molecule has 1 saturated heterocycles. The Morgan fingerprint density at radius 1 is 1.22 bits per heavy atom. The van der Waals surface area contributed by atoms with E-state index in [-0.39, 0.29) is 18.9 Å². The average molecular weight is 310 g/mol. The van der Waals surface area contributed by atoms with Crippen molar-refractivity contribution in [3.63, 3.8) is 0 Å². The van der Waals surface area contributed by atoms with E-state index in [1.54, 1.807) is 19.1 Å². The van der Waals surface area contributed by atoms with E-state index in [0.29, 0.717) is 12.1 Å². The molecule has 1 heterocycles. The van der Waals surface area contributed by atoms with Crippen LogP contribution in [0.5, 0.6) is 0 Å². The van der Waals surface area contributed by atoms with Crippen LogP contribution in [0, 0.1) is 35.5 Å². The molecular weight excluding hydrogens is 292 g/mol. The topological polar surface area (TPSA) is 88.2 Å². The summed E-state index contributed by atoms with van der Waals surface area (Å²) in [6, 6.07) is 10.4. The Morgan fingerprint density at radius 3 is 2.43 bits per heavy atom. The van der Waals surface area contributed by atoms with Gasteiger partial charge in [0.1, 0.15) is 6.04 Å². The molecule has 1 aromatic carbocycles. The summed E-state index contributed by atoms with van der Waals surface area (Å²) >= 11 is 0. The molecule has 6 heteroatoms. The Balaban J connectivity index is 2.19. The zero-order chi connectivity index (χ0) is 17.0. The van der Waals surface area contributed by atoms with E-state index >= 15 is 0 Å². The number of hydrogen-bond donors (Lipinski definition) is 0. The van der Waals surface area contributed by atoms with Gasteiger partial charge < -0.3 is 0 Å². The molecule has 0 aromatic heterocycles. The van der Waals surface area contributed by atoms with E-state index in [1.807, 2.05) is 25.1 Å². The minimum Gasteiger partial charge on any atom is -0.282 e. The van der Waals surface area contributed by atoms with Crippen molar-refractivity contribution in [1.29, 1.82) is 10.5 Å². The fraction of sp³-hybridized carbons (Fsp3) is 0.412. The predicted octanol–water partition coefficient (Wildman–Crippen LogP) is 2.60. The maximum atomic E-state index is 12.6. The van der Waals surface area contributed by atoms with Gasteiger partial charge in [-0.05, 0) is 32.4 Å². The van der Waals surface area contributed by atoms with E-state index in [4.69, 9.17) is 10.5 Å². The average Bonchev–Trinajstić information content (AvgIpc) is 2.75. The van der Waals surface area contributed by atoms with Crippen LogP contribution in [0.2, 0.25) is 0 Å². The van der Waals surface area contributed by atoms with Crippen molar-refractivity contribution < 1.29 is 9.59 Å². The van der Waals surface area contributed by atoms with Crippen LogP contribution in [0.25, 0.3) is 0 Å². The largest absolute Gasteiger partial charge is 0.332 e. The molecule has 1 fully saturated rings. The van der Waals surface area contributed by atoms with Crippen LogP contribution in [-0.2, 0) is 4.79 Å². The number of nitriles is 2. The van der Waals surface area contributed by atoms with E-state index in [0.717, 1.165) is 10.5 Å². The van der Waals surface area contributed by atoms with Gasteiger partial charge in [0.15, 0.2) is 0 Å². The third-order valence-corrected chi connectivity index (χ3v) is 3.95. The minimum atomic E-state index is -0.597. The number of aryl methyl sites for hydroxylation is 1. The molecule has 1 aliphatic heterocycles. The van der Waals surface area contributed by atoms with Crippen molar-refractivity contribution in [1.82, 2.24) is 4.90 Å². The molecule has 1 aliphatic rings. The van der Waals surface area contributed by atoms with Gasteiger partial charge in [0.25, 0.3) is 5.91 Å². The minimum absolute atomic E-state index is 0.0303. The fourth-order valence-electron chi connectivity index (χ4n) is 2.59. The monoisotopic (exact) mass is 310 g/mol. The molecule has 0 N–H and O–H groups in total. The van der Waals surface area contributed by atoms with Gasteiger partial charge in [-0.15, -0.1) is 0 Å². The lowest BCUT2D eigenvalue weighted by molar-refractivity contribution is -0.127. The molecule has 0 saturated carbocycles. The fourth-order valence-corrected chi connectivity index (χ4v) is 2.59. The van der Waals surface area contributed by atoms with Crippen molar-refractivity contribution in [3.8, 4) is 12.1 Å². The first-order valence-corrected chi connectivity index (χ1v) is 7.47. The second kappa shape index (κ2) is 6.93. The smallest absolute Gasteiger partial charge is 0.282 e. The number of amides is 3. The van der Waals surface area contributed by atoms with Gasteiger partial charge in [0, 0.05) is 18.7 Å². The Hall–Kier alpha value is -2.86. The molecule has 0 aliphatic carbocycles. The van der Waals surface area contributed by atoms with Crippen LogP contribution in [0.4, 0.5) is 10.5 Å². The maximum Gasteiger partial charge on any atom is 0.332 e. The zero-order valence-electron chi connectivity index (χ0n) is 13.2. The highest BCUT2D eigenvalue weighted by Crippen LogP contribution is 2.27. The van der Waals surface area contributed by atoms with Crippen LogP contribution in [0.1, 0.15) is 25.3 Å². The van der Waals surface area contributed by atoms with Gasteiger partial charge >= 0.3 is 6.03 Å². The number of urea groups is 1. The Kier molecular flexibility index (Phi) is 4.98. The molecule has 1 aromatic rings. The van der Waals surface area contributed by atoms with Gasteiger partial charge in [-0.1, -0.05) is 17.7 Å². The number of carbonyl (C=O) groups is 2. The summed E-state index contributed by atoms with van der Waals surface area (Å²) in [4.78, 5) is 27.5. The summed E-state index contributed by atoms with van der Waals surface area (Å²) in [5.74, 6) is -0.833. The number of anilines is 1. The second-order valence-corrected chi connectivity index (χ2v) is 5.64. The number of benzene rings is 1. The number of carbonyl (C=O) groups excluding carboxylic acids is 2. The number of hydrogen-bond acceptors (Lipinski definition) is 4. The van der Waals surface area contributed by atoms with Crippen molar-refractivity contribution in [2.75, 3.05) is 11.4 Å². The first kappa shape index (κ1) is 16.5. The highest BCUT2D eigenvalue weighted by atomic mass is 16.2. The van der Waals surface area contributed by atoms with Gasteiger partial charge in [0.2, 0.25) is 0 Å². The van der Waals surface area contributed by atoms with Crippen molar-refractivity contribution in [3.05, 3.63) is 29.8 Å². The first-order chi connectivity index (χ1) is 11.0. The molecule has 2 atom stereocenters. The molecular formula is C17H18N4O2. The Morgan fingerprint density at radius 2 is 1.87 bits per heavy atom. The van der Waals surface area contributed by atoms with E-state index in [9.17, 15) is 9.59 Å². The summed E-state index contributed by atoms with van der Waals surface area (Å²) in [6.45, 7) is 3.66. The summed E-state index contributed by atoms with van der Waals surface area (Å²) in [6.07, 6.45) is 0.578. The van der Waals surface area contributed by atoms with Crippen molar-refractivity contribution in [2.24, 2.45) is 5.92 Å². The third-order valence-electron chi connectivity index (χ3n) is 3.95. The highest BCUT2D eigenvalue weighted by Gasteiger charge is 2.43. The summed E-state index contributed by atoms with van der Waals surface area (Å²) < 4.78 is 0. The summed E-state index contributed by atoms with van der Waals surface area (Å²) in [5, 5.41) is 17.8. The second-order valence-electron chi connectivity index (χ2n) is 5.64. The zero-order valence-corrected chi connectivity index (χ0v) is 13.2. The van der Waals surface area contributed by atoms with E-state index in [1.165, 1.54) is 4.90 Å². The van der Waals surface area contributed by atoms with Gasteiger partial charge in [-0.25, -0.2) is 4.79 Å². The summed E-state index contributed by atoms with van der Waals surface area (Å²) in [7, 11) is 0. The SMILES string of the molecule is Cc1ccc(N2C(=O)N(C[C@H](C#N)CCC#N)C(=O)[C@@H]2C)cc1. The van der Waals surface area contributed by atoms with Gasteiger partial charge in [0.05, 0.1) is 18.1 Å². The lowest BCUT2D eigenvalue weighted by Gasteiger charge is -2.20. The van der Waals surface area contributed by atoms with E-state index < -0.39 is 18.0 Å². The molecule has 118 valence electrons. The quantitative estimate of drug-likeness (QED) is 0.782. The van der Waals surface area contributed by atoms with Crippen LogP contribution in [0.15, 0.2) is 24.3 Å². The third kappa shape index (κ3) is 3.32. The first-order valence-electron chi connectivity index (χ1n) is 7.47. The molecule has 3 amide bonds. The summed E-state index contributed by atoms with van der Waals surface area (Å²) in [5.41, 5.74) is 1.73. The van der Waals surface area contributed by atoms with Gasteiger partial charge in [-0.3, -0.25) is 14.6 Å². The van der Waals surface area contributed by atoms with Crippen molar-refractivity contribution in [2.45, 2.75) is 32.7 Å². The Labute approximate surface area is 135 Å². The number of nitrogens with zero attached hydrogens (tertiary/aromatic N) is 4. The molecule has 23 heavy (non-hydrogen) atoms. The lowest BCUT2D eigenvalue weighted by atomic mass is 10.1. The van der Waals surface area contributed by atoms with Gasteiger partial charge in [-0.2, -0.15) is 10.5 Å². The number of imide groups is 1. The van der Waals surface area contributed by atoms with Crippen LogP contribution in [0.3, 0.4) is 0 Å². The van der Waals surface area contributed by atoms with Crippen LogP contribution < -0.4 is 4.90 Å². The van der Waals surface area contributed by atoms with Crippen LogP contribution in [-0.4, -0.2) is 29.4 Å². The highest BCUT2D eigenvalue weighted by molar-refractivity contribution is 6.14. The normalized spacial score (nSPS) is 18.7. The van der Waals surface area contributed by atoms with Crippen LogP contribution >= 0.6 is 0 Å². The molecule has 0 spiro atoms. The van der Waals surface area contributed by atoms with Crippen molar-refractivity contribution >= 4 is 17.6 Å². The molecule has 6 nitrogen and oxygen atoms in total. The number of rotatable bonds is 5. The standard InChI is InChI=1S/C17H18N4O2/c1-12-5-7-15(8-6-12)21-13(2)16(22)20(17(21)23)11-14(10-19)4-3-9-18/h5-8,13-14H,3-4,11H2,1-2H3/t13-,14-/m0/s1. The lowest BCUT2D eigenvalue weighted by Crippen LogP contribution is -2.36. The molecule has 2 rings (SSSR count). The molecule has 0 radical (unpaired) electrons. The maximum absolute atomic E-state index is 12.6. The molecule has 0 bridgehead atoms. The van der Waals surface area contributed by atoms with E-state index in [2.05, 4.69) is 6.07 Å². The Bertz CT molecular complexity index is 684. The predicted molar refractivity (Wildman–Crippen MR) is 84.2 cm³/mol. The molecule has 0 unspecified atom stereocenters.